The van der Waals surface area contributed by atoms with Crippen LogP contribution in [0.4, 0.5) is 0 Å². The van der Waals surface area contributed by atoms with Crippen LogP contribution in [0.2, 0.25) is 5.02 Å². The van der Waals surface area contributed by atoms with Crippen LogP contribution in [0.5, 0.6) is 5.75 Å². The zero-order valence-electron chi connectivity index (χ0n) is 11.1. The van der Waals surface area contributed by atoms with Gasteiger partial charge in [0.15, 0.2) is 0 Å². The molecule has 2 N–H and O–H groups in total. The number of aromatic nitrogens is 1. The van der Waals surface area contributed by atoms with Gasteiger partial charge in [-0.15, -0.1) is 0 Å². The summed E-state index contributed by atoms with van der Waals surface area (Å²) >= 11 is 6.13. The predicted octanol–water partition coefficient (Wildman–Crippen LogP) is 3.49. The van der Waals surface area contributed by atoms with E-state index in [-0.39, 0.29) is 6.04 Å². The maximum atomic E-state index is 6.25. The number of benzene rings is 1. The van der Waals surface area contributed by atoms with Crippen LogP contribution < -0.4 is 10.5 Å². The van der Waals surface area contributed by atoms with Crippen molar-refractivity contribution in [1.29, 1.82) is 0 Å². The summed E-state index contributed by atoms with van der Waals surface area (Å²) in [5, 5.41) is 0.724. The van der Waals surface area contributed by atoms with Gasteiger partial charge in [-0.2, -0.15) is 0 Å². The number of hydrogen-bond donors (Lipinski definition) is 1. The summed E-state index contributed by atoms with van der Waals surface area (Å²) in [4.78, 5) is 4.15. The van der Waals surface area contributed by atoms with E-state index in [1.54, 1.807) is 12.4 Å². The standard InChI is InChI=1S/C15H17ClN2O/c1-3-19-13-6-12(8-18-9-13)15(17)11-5-4-10(2)14(16)7-11/h4-9,15H,3,17H2,1-2H3. The quantitative estimate of drug-likeness (QED) is 0.930. The van der Waals surface area contributed by atoms with Gasteiger partial charge in [0.05, 0.1) is 18.8 Å². The van der Waals surface area contributed by atoms with Gasteiger partial charge in [0.25, 0.3) is 0 Å². The van der Waals surface area contributed by atoms with E-state index in [1.165, 1.54) is 0 Å². The fraction of sp³-hybridized carbons (Fsp3) is 0.267. The van der Waals surface area contributed by atoms with Crippen LogP contribution in [0.3, 0.4) is 0 Å². The predicted molar refractivity (Wildman–Crippen MR) is 77.6 cm³/mol. The molecule has 0 fully saturated rings. The lowest BCUT2D eigenvalue weighted by molar-refractivity contribution is 0.338. The summed E-state index contributed by atoms with van der Waals surface area (Å²) in [6, 6.07) is 7.51. The van der Waals surface area contributed by atoms with Crippen molar-refractivity contribution in [2.24, 2.45) is 5.73 Å². The molecule has 3 nitrogen and oxygen atoms in total. The largest absolute Gasteiger partial charge is 0.492 e. The molecule has 0 bridgehead atoms. The monoisotopic (exact) mass is 276 g/mol. The first kappa shape index (κ1) is 13.8. The molecule has 0 saturated carbocycles. The molecular weight excluding hydrogens is 260 g/mol. The van der Waals surface area contributed by atoms with E-state index in [4.69, 9.17) is 22.1 Å². The molecule has 1 atom stereocenters. The van der Waals surface area contributed by atoms with Crippen molar-refractivity contribution in [1.82, 2.24) is 4.98 Å². The molecule has 2 rings (SSSR count). The molecule has 1 aromatic carbocycles. The van der Waals surface area contributed by atoms with Gasteiger partial charge in [-0.05, 0) is 42.7 Å². The van der Waals surface area contributed by atoms with E-state index in [9.17, 15) is 0 Å². The van der Waals surface area contributed by atoms with Gasteiger partial charge >= 0.3 is 0 Å². The molecule has 0 spiro atoms. The number of hydrogen-bond acceptors (Lipinski definition) is 3. The molecule has 1 unspecified atom stereocenters. The molecule has 19 heavy (non-hydrogen) atoms. The number of pyridine rings is 1. The summed E-state index contributed by atoms with van der Waals surface area (Å²) in [6.45, 7) is 4.51. The van der Waals surface area contributed by atoms with Crippen LogP contribution in [0.15, 0.2) is 36.7 Å². The Balaban J connectivity index is 2.29. The van der Waals surface area contributed by atoms with E-state index in [0.717, 1.165) is 27.5 Å². The first-order valence-corrected chi connectivity index (χ1v) is 6.59. The van der Waals surface area contributed by atoms with Crippen LogP contribution in [-0.4, -0.2) is 11.6 Å². The third-order valence-electron chi connectivity index (χ3n) is 2.96. The molecule has 0 aliphatic heterocycles. The van der Waals surface area contributed by atoms with Gasteiger partial charge in [0.2, 0.25) is 0 Å². The third-order valence-corrected chi connectivity index (χ3v) is 3.37. The minimum absolute atomic E-state index is 0.258. The molecule has 0 aliphatic rings. The fourth-order valence-corrected chi connectivity index (χ4v) is 2.04. The summed E-state index contributed by atoms with van der Waals surface area (Å²) in [6.07, 6.45) is 3.43. The number of nitrogens with zero attached hydrogens (tertiary/aromatic N) is 1. The number of ether oxygens (including phenoxy) is 1. The number of aryl methyl sites for hydroxylation is 1. The first-order valence-electron chi connectivity index (χ1n) is 6.21. The van der Waals surface area contributed by atoms with E-state index in [0.29, 0.717) is 6.61 Å². The van der Waals surface area contributed by atoms with E-state index in [1.807, 2.05) is 38.1 Å². The molecular formula is C15H17ClN2O. The second-order valence-corrected chi connectivity index (χ2v) is 4.78. The van der Waals surface area contributed by atoms with Gasteiger partial charge in [-0.25, -0.2) is 0 Å². The Morgan fingerprint density at radius 1 is 1.26 bits per heavy atom. The van der Waals surface area contributed by atoms with Crippen molar-refractivity contribution in [2.45, 2.75) is 19.9 Å². The van der Waals surface area contributed by atoms with Crippen LogP contribution in [-0.2, 0) is 0 Å². The van der Waals surface area contributed by atoms with Crippen molar-refractivity contribution >= 4 is 11.6 Å². The zero-order chi connectivity index (χ0) is 13.8. The molecule has 0 radical (unpaired) electrons. The SMILES string of the molecule is CCOc1cncc(C(N)c2ccc(C)c(Cl)c2)c1. The van der Waals surface area contributed by atoms with Crippen molar-refractivity contribution < 1.29 is 4.74 Å². The molecule has 1 aromatic heterocycles. The maximum Gasteiger partial charge on any atom is 0.137 e. The third kappa shape index (κ3) is 3.25. The maximum absolute atomic E-state index is 6.25. The Labute approximate surface area is 118 Å². The van der Waals surface area contributed by atoms with Crippen molar-refractivity contribution in [2.75, 3.05) is 6.61 Å². The lowest BCUT2D eigenvalue weighted by Gasteiger charge is -2.14. The summed E-state index contributed by atoms with van der Waals surface area (Å²) in [5.41, 5.74) is 9.16. The fourth-order valence-electron chi connectivity index (χ4n) is 1.85. The van der Waals surface area contributed by atoms with Crippen molar-refractivity contribution in [3.63, 3.8) is 0 Å². The molecule has 1 heterocycles. The minimum Gasteiger partial charge on any atom is -0.492 e. The second kappa shape index (κ2) is 6.04. The lowest BCUT2D eigenvalue weighted by atomic mass is 10.00. The van der Waals surface area contributed by atoms with Gasteiger partial charge < -0.3 is 10.5 Å². The Morgan fingerprint density at radius 2 is 2.05 bits per heavy atom. The highest BCUT2D eigenvalue weighted by atomic mass is 35.5. The summed E-state index contributed by atoms with van der Waals surface area (Å²) in [5.74, 6) is 0.730. The normalized spacial score (nSPS) is 12.2. The molecule has 2 aromatic rings. The van der Waals surface area contributed by atoms with E-state index >= 15 is 0 Å². The smallest absolute Gasteiger partial charge is 0.137 e. The highest BCUT2D eigenvalue weighted by Gasteiger charge is 2.11. The zero-order valence-corrected chi connectivity index (χ0v) is 11.8. The Morgan fingerprint density at radius 3 is 2.74 bits per heavy atom. The molecule has 0 aliphatic carbocycles. The molecule has 4 heteroatoms. The highest BCUT2D eigenvalue weighted by molar-refractivity contribution is 6.31. The Kier molecular flexibility index (Phi) is 4.40. The topological polar surface area (TPSA) is 48.1 Å². The average molecular weight is 277 g/mol. The highest BCUT2D eigenvalue weighted by Crippen LogP contribution is 2.25. The number of halogens is 1. The van der Waals surface area contributed by atoms with Crippen LogP contribution >= 0.6 is 11.6 Å². The first-order chi connectivity index (χ1) is 9.11. The molecule has 0 amide bonds. The molecule has 100 valence electrons. The lowest BCUT2D eigenvalue weighted by Crippen LogP contribution is -2.12. The Bertz CT molecular complexity index is 572. The van der Waals surface area contributed by atoms with Gasteiger partial charge in [0.1, 0.15) is 5.75 Å². The minimum atomic E-state index is -0.258. The number of rotatable bonds is 4. The second-order valence-electron chi connectivity index (χ2n) is 4.37. The number of nitrogens with two attached hydrogens (primary N) is 1. The summed E-state index contributed by atoms with van der Waals surface area (Å²) in [7, 11) is 0. The van der Waals surface area contributed by atoms with Gasteiger partial charge in [0, 0.05) is 11.2 Å². The van der Waals surface area contributed by atoms with Crippen molar-refractivity contribution in [3.8, 4) is 5.75 Å². The molecule has 0 saturated heterocycles. The average Bonchev–Trinajstić information content (AvgIpc) is 2.42. The van der Waals surface area contributed by atoms with Crippen molar-refractivity contribution in [3.05, 3.63) is 58.4 Å². The van der Waals surface area contributed by atoms with Crippen LogP contribution in [0.25, 0.3) is 0 Å². The Hall–Kier alpha value is -1.58. The van der Waals surface area contributed by atoms with Gasteiger partial charge in [-0.3, -0.25) is 4.98 Å². The van der Waals surface area contributed by atoms with E-state index < -0.39 is 0 Å². The van der Waals surface area contributed by atoms with Gasteiger partial charge in [-0.1, -0.05) is 23.7 Å². The van der Waals surface area contributed by atoms with Crippen LogP contribution in [0.1, 0.15) is 29.7 Å². The van der Waals surface area contributed by atoms with E-state index in [2.05, 4.69) is 4.98 Å². The van der Waals surface area contributed by atoms with Crippen LogP contribution in [0, 0.1) is 6.92 Å². The summed E-state index contributed by atoms with van der Waals surface area (Å²) < 4.78 is 5.43.